The minimum atomic E-state index is -1.79. The van der Waals surface area contributed by atoms with E-state index in [-0.39, 0.29) is 6.29 Å². The Hall–Kier alpha value is -0.770. The molecule has 0 saturated carbocycles. The fraction of sp³-hybridized carbons (Fsp3) is 0.917. The number of aliphatic hydroxyl groups is 9. The molecular formula is C12H25NO11. The van der Waals surface area contributed by atoms with Gasteiger partial charge in [0, 0.05) is 0 Å². The third-order valence-corrected chi connectivity index (χ3v) is 3.37. The summed E-state index contributed by atoms with van der Waals surface area (Å²) in [7, 11) is 0. The molecule has 5 unspecified atom stereocenters. The van der Waals surface area contributed by atoms with Crippen molar-refractivity contribution < 1.29 is 55.5 Å². The van der Waals surface area contributed by atoms with Gasteiger partial charge in [-0.1, -0.05) is 0 Å². The minimum absolute atomic E-state index is 0.0258. The van der Waals surface area contributed by atoms with Crippen LogP contribution in [0.1, 0.15) is 0 Å². The highest BCUT2D eigenvalue weighted by Crippen LogP contribution is 2.17. The van der Waals surface area contributed by atoms with E-state index < -0.39 is 68.3 Å². The van der Waals surface area contributed by atoms with E-state index in [1.54, 1.807) is 0 Å². The first-order chi connectivity index (χ1) is 11.1. The zero-order valence-electron chi connectivity index (χ0n) is 12.6. The lowest BCUT2D eigenvalue weighted by Crippen LogP contribution is -2.61. The van der Waals surface area contributed by atoms with Crippen molar-refractivity contribution in [3.8, 4) is 0 Å². The number of hydrogen-bond donors (Lipinski definition) is 10. The molecule has 1 heterocycles. The van der Waals surface area contributed by atoms with Gasteiger partial charge < -0.3 is 61.2 Å². The summed E-state index contributed by atoms with van der Waals surface area (Å²) in [4.78, 5) is 9.90. The summed E-state index contributed by atoms with van der Waals surface area (Å²) in [5, 5.41) is 79.6. The largest absolute Gasteiger partial charge is 0.394 e. The molecule has 12 heteroatoms. The summed E-state index contributed by atoms with van der Waals surface area (Å²) in [6.45, 7) is -1.23. The van der Waals surface area contributed by atoms with Crippen molar-refractivity contribution in [1.29, 1.82) is 0 Å². The minimum Gasteiger partial charge on any atom is -0.394 e. The van der Waals surface area contributed by atoms with Crippen LogP contribution in [-0.2, 0) is 9.53 Å². The van der Waals surface area contributed by atoms with E-state index in [4.69, 9.17) is 46.2 Å². The van der Waals surface area contributed by atoms with Crippen LogP contribution in [0.5, 0.6) is 0 Å². The number of carbonyl (C=O) groups is 1. The maximum Gasteiger partial charge on any atom is 0.173 e. The first-order valence-corrected chi connectivity index (χ1v) is 6.96. The van der Waals surface area contributed by atoms with Crippen molar-refractivity contribution in [2.45, 2.75) is 55.1 Å². The molecule has 0 radical (unpaired) electrons. The lowest BCUT2D eigenvalue weighted by Gasteiger charge is -2.38. The van der Waals surface area contributed by atoms with Crippen molar-refractivity contribution in [2.75, 3.05) is 13.2 Å². The number of rotatable bonds is 6. The number of ether oxygens (including phenoxy) is 1. The summed E-state index contributed by atoms with van der Waals surface area (Å²) in [6, 6.07) is -1.04. The monoisotopic (exact) mass is 359 g/mol. The van der Waals surface area contributed by atoms with Gasteiger partial charge in [0.05, 0.1) is 19.3 Å². The average molecular weight is 359 g/mol. The Bertz CT molecular complexity index is 355. The van der Waals surface area contributed by atoms with Crippen molar-refractivity contribution >= 4 is 6.29 Å². The van der Waals surface area contributed by atoms with Crippen LogP contribution in [0.25, 0.3) is 0 Å². The van der Waals surface area contributed by atoms with Gasteiger partial charge in [0.15, 0.2) is 12.6 Å². The quantitative estimate of drug-likeness (QED) is 0.199. The van der Waals surface area contributed by atoms with E-state index in [1.807, 2.05) is 0 Å². The van der Waals surface area contributed by atoms with E-state index >= 15 is 0 Å². The van der Waals surface area contributed by atoms with E-state index in [9.17, 15) is 15.0 Å². The highest BCUT2D eigenvalue weighted by atomic mass is 16.6. The number of nitrogens with two attached hydrogens (primary N) is 1. The highest BCUT2D eigenvalue weighted by molar-refractivity contribution is 5.56. The normalized spacial score (nSPS) is 35.2. The fourth-order valence-electron chi connectivity index (χ4n) is 1.74. The fourth-order valence-corrected chi connectivity index (χ4v) is 1.74. The first kappa shape index (κ1) is 23.2. The predicted molar refractivity (Wildman–Crippen MR) is 75.1 cm³/mol. The second kappa shape index (κ2) is 11.0. The van der Waals surface area contributed by atoms with Crippen molar-refractivity contribution in [2.24, 2.45) is 5.73 Å². The van der Waals surface area contributed by atoms with Crippen LogP contribution in [0.3, 0.4) is 0 Å². The lowest BCUT2D eigenvalue weighted by molar-refractivity contribution is -0.248. The molecule has 0 amide bonds. The number of aldehydes is 1. The summed E-state index contributed by atoms with van der Waals surface area (Å²) in [6.07, 6.45) is -11.7. The van der Waals surface area contributed by atoms with Gasteiger partial charge >= 0.3 is 0 Å². The van der Waals surface area contributed by atoms with Crippen molar-refractivity contribution in [3.63, 3.8) is 0 Å². The smallest absolute Gasteiger partial charge is 0.173 e. The van der Waals surface area contributed by atoms with Crippen LogP contribution in [0, 0.1) is 0 Å². The highest BCUT2D eigenvalue weighted by Gasteiger charge is 2.41. The number of carbonyl (C=O) groups excluding carboxylic acids is 1. The molecular weight excluding hydrogens is 334 g/mol. The Morgan fingerprint density at radius 3 is 1.96 bits per heavy atom. The molecule has 0 spiro atoms. The summed E-state index contributed by atoms with van der Waals surface area (Å²) in [5.74, 6) is 0. The maximum absolute atomic E-state index is 9.90. The maximum atomic E-state index is 9.90. The summed E-state index contributed by atoms with van der Waals surface area (Å²) < 4.78 is 4.70. The standard InChI is InChI=1S/C6H13NO5.C6H12O6/c7-3-5(10)4(9)2(1-8)12-6(3)11;7-1-3(9)5(11)6(12)4(10)2-8/h2-6,8-11H,1,7H2;1,3-6,8-12H,2H2/t2-,3+,4-,5-,6?;/m1./s1. The summed E-state index contributed by atoms with van der Waals surface area (Å²) in [5.41, 5.74) is 5.26. The van der Waals surface area contributed by atoms with Gasteiger partial charge in [-0.3, -0.25) is 0 Å². The molecule has 1 fully saturated rings. The van der Waals surface area contributed by atoms with Gasteiger partial charge in [0.1, 0.15) is 42.7 Å². The third kappa shape index (κ3) is 6.27. The van der Waals surface area contributed by atoms with Crippen LogP contribution in [0.2, 0.25) is 0 Å². The number of aliphatic hydroxyl groups excluding tert-OH is 9. The molecule has 1 saturated heterocycles. The Morgan fingerprint density at radius 2 is 1.54 bits per heavy atom. The Morgan fingerprint density at radius 1 is 1.00 bits per heavy atom. The van der Waals surface area contributed by atoms with Gasteiger partial charge in [0.2, 0.25) is 0 Å². The summed E-state index contributed by atoms with van der Waals surface area (Å²) >= 11 is 0. The molecule has 0 aliphatic carbocycles. The molecule has 1 aliphatic rings. The second-order valence-corrected chi connectivity index (χ2v) is 5.16. The molecule has 0 aromatic rings. The Labute approximate surface area is 137 Å². The molecule has 9 atom stereocenters. The van der Waals surface area contributed by atoms with Crippen LogP contribution in [-0.4, -0.2) is 121 Å². The predicted octanol–water partition coefficient (Wildman–Crippen LogP) is -6.63. The molecule has 0 aromatic carbocycles. The van der Waals surface area contributed by atoms with Gasteiger partial charge in [0.25, 0.3) is 0 Å². The second-order valence-electron chi connectivity index (χ2n) is 5.16. The van der Waals surface area contributed by atoms with Crippen molar-refractivity contribution in [3.05, 3.63) is 0 Å². The van der Waals surface area contributed by atoms with Crippen LogP contribution in [0.4, 0.5) is 0 Å². The molecule has 144 valence electrons. The molecule has 11 N–H and O–H groups in total. The van der Waals surface area contributed by atoms with Gasteiger partial charge in [-0.25, -0.2) is 0 Å². The topological polar surface area (TPSA) is 234 Å². The Balaban J connectivity index is 0.000000441. The van der Waals surface area contributed by atoms with Gasteiger partial charge in [-0.2, -0.15) is 0 Å². The number of hydrogen-bond acceptors (Lipinski definition) is 12. The average Bonchev–Trinajstić information content (AvgIpc) is 2.60. The van der Waals surface area contributed by atoms with Crippen LogP contribution >= 0.6 is 0 Å². The van der Waals surface area contributed by atoms with Crippen LogP contribution in [0.15, 0.2) is 0 Å². The molecule has 24 heavy (non-hydrogen) atoms. The SMILES string of the molecule is N[C@@H]1C(O)O[C@H](CO)[C@@H](O)[C@@H]1O.O=CC(O)C(O)C(O)C(O)CO. The molecule has 0 aromatic heterocycles. The third-order valence-electron chi connectivity index (χ3n) is 3.37. The van der Waals surface area contributed by atoms with E-state index in [0.717, 1.165) is 0 Å². The van der Waals surface area contributed by atoms with E-state index in [0.29, 0.717) is 0 Å². The van der Waals surface area contributed by atoms with Gasteiger partial charge in [-0.05, 0) is 0 Å². The lowest BCUT2D eigenvalue weighted by atomic mass is 9.98. The molecule has 12 nitrogen and oxygen atoms in total. The Kier molecular flexibility index (Phi) is 10.6. The van der Waals surface area contributed by atoms with Gasteiger partial charge in [-0.15, -0.1) is 0 Å². The van der Waals surface area contributed by atoms with Crippen molar-refractivity contribution in [1.82, 2.24) is 0 Å². The molecule has 1 rings (SSSR count). The van der Waals surface area contributed by atoms with E-state index in [1.165, 1.54) is 0 Å². The zero-order chi connectivity index (χ0) is 19.0. The van der Waals surface area contributed by atoms with Crippen LogP contribution < -0.4 is 5.73 Å². The molecule has 1 aliphatic heterocycles. The van der Waals surface area contributed by atoms with E-state index in [2.05, 4.69) is 0 Å². The zero-order valence-corrected chi connectivity index (χ0v) is 12.6. The first-order valence-electron chi connectivity index (χ1n) is 6.96. The molecule has 0 bridgehead atoms.